The van der Waals surface area contributed by atoms with E-state index in [0.29, 0.717) is 30.8 Å². The first-order valence-corrected chi connectivity index (χ1v) is 11.4. The molecule has 0 bridgehead atoms. The first-order chi connectivity index (χ1) is 13.2. The number of carbonyl (C=O) groups excluding carboxylic acids is 1. The Kier molecular flexibility index (Phi) is 8.42. The molecule has 0 saturated carbocycles. The maximum atomic E-state index is 12.5. The van der Waals surface area contributed by atoms with E-state index >= 15 is 0 Å². The van der Waals surface area contributed by atoms with Crippen molar-refractivity contribution in [3.05, 3.63) is 29.8 Å². The van der Waals surface area contributed by atoms with Crippen molar-refractivity contribution in [2.45, 2.75) is 63.6 Å². The van der Waals surface area contributed by atoms with E-state index in [1.807, 2.05) is 0 Å². The topological polar surface area (TPSA) is 87.7 Å². The highest BCUT2D eigenvalue weighted by Gasteiger charge is 2.21. The van der Waals surface area contributed by atoms with Gasteiger partial charge in [0.2, 0.25) is 10.0 Å². The number of nitrogens with zero attached hydrogens (tertiary/aromatic N) is 1. The Balaban J connectivity index is 1.94. The summed E-state index contributed by atoms with van der Waals surface area (Å²) in [6, 6.07) is 6.89. The first kappa shape index (κ1) is 22.8. The molecule has 0 unspecified atom stereocenters. The molecule has 2 N–H and O–H groups in total. The lowest BCUT2D eigenvalue weighted by molar-refractivity contribution is 0.0939. The fourth-order valence-electron chi connectivity index (χ4n) is 3.41. The Morgan fingerprint density at radius 2 is 1.96 bits per heavy atom. The van der Waals surface area contributed by atoms with Crippen LogP contribution in [0.2, 0.25) is 0 Å². The molecular weight excluding hydrogens is 378 g/mol. The highest BCUT2D eigenvalue weighted by atomic mass is 32.2. The van der Waals surface area contributed by atoms with Gasteiger partial charge in [-0.15, -0.1) is 0 Å². The number of ether oxygens (including phenoxy) is 1. The van der Waals surface area contributed by atoms with E-state index in [1.54, 1.807) is 12.1 Å². The Labute approximate surface area is 168 Å². The molecule has 0 spiro atoms. The molecule has 2 rings (SSSR count). The van der Waals surface area contributed by atoms with E-state index in [9.17, 15) is 13.2 Å². The lowest BCUT2D eigenvalue weighted by Gasteiger charge is -2.30. The third kappa shape index (κ3) is 6.55. The van der Waals surface area contributed by atoms with Crippen LogP contribution in [0, 0.1) is 0 Å². The molecule has 158 valence electrons. The zero-order valence-electron chi connectivity index (χ0n) is 17.3. The van der Waals surface area contributed by atoms with E-state index < -0.39 is 10.0 Å². The van der Waals surface area contributed by atoms with Crippen LogP contribution in [0.3, 0.4) is 0 Å². The van der Waals surface area contributed by atoms with Crippen LogP contribution in [0.15, 0.2) is 29.2 Å². The Morgan fingerprint density at radius 3 is 2.57 bits per heavy atom. The molecule has 1 aliphatic heterocycles. The summed E-state index contributed by atoms with van der Waals surface area (Å²) in [6.45, 7) is 10.7. The molecule has 0 radical (unpaired) electrons. The van der Waals surface area contributed by atoms with Crippen LogP contribution in [0.4, 0.5) is 0 Å². The second kappa shape index (κ2) is 10.3. The molecule has 1 fully saturated rings. The fraction of sp³-hybridized carbons (Fsp3) is 0.650. The average Bonchev–Trinajstić information content (AvgIpc) is 3.16. The van der Waals surface area contributed by atoms with Crippen LogP contribution in [0.5, 0.6) is 0 Å². The number of benzene rings is 1. The van der Waals surface area contributed by atoms with Gasteiger partial charge >= 0.3 is 0 Å². The van der Waals surface area contributed by atoms with Crippen LogP contribution in [-0.2, 0) is 14.8 Å². The zero-order chi connectivity index (χ0) is 20.7. The third-order valence-electron chi connectivity index (χ3n) is 4.91. The molecule has 7 nitrogen and oxygen atoms in total. The van der Waals surface area contributed by atoms with Gasteiger partial charge in [0.1, 0.15) is 0 Å². The number of hydrogen-bond donors (Lipinski definition) is 2. The minimum Gasteiger partial charge on any atom is -0.377 e. The SMILES string of the molecule is CC(C)N(CCNC(=O)c1cccc(S(=O)(=O)NC[C@@H]2CCCO2)c1)C(C)C. The highest BCUT2D eigenvalue weighted by Crippen LogP contribution is 2.14. The molecule has 8 heteroatoms. The standard InChI is InChI=1S/C20H33N3O4S/c1-15(2)23(16(3)4)11-10-21-20(24)17-7-5-9-19(13-17)28(25,26)22-14-18-8-6-12-27-18/h5,7,9,13,15-16,18,22H,6,8,10-12,14H2,1-4H3,(H,21,24)/t18-/m0/s1. The van der Waals surface area contributed by atoms with Crippen molar-refractivity contribution in [3.63, 3.8) is 0 Å². The number of rotatable bonds is 10. The normalized spacial score (nSPS) is 17.6. The van der Waals surface area contributed by atoms with Gasteiger partial charge in [-0.2, -0.15) is 0 Å². The van der Waals surface area contributed by atoms with Gasteiger partial charge in [-0.1, -0.05) is 6.07 Å². The summed E-state index contributed by atoms with van der Waals surface area (Å²) >= 11 is 0. The number of hydrogen-bond acceptors (Lipinski definition) is 5. The quantitative estimate of drug-likeness (QED) is 0.615. The van der Waals surface area contributed by atoms with Gasteiger partial charge in [-0.3, -0.25) is 9.69 Å². The first-order valence-electron chi connectivity index (χ1n) is 9.96. The Bertz CT molecular complexity index is 736. The summed E-state index contributed by atoms with van der Waals surface area (Å²) in [4.78, 5) is 14.8. The maximum absolute atomic E-state index is 12.5. The van der Waals surface area contributed by atoms with Crippen molar-refractivity contribution >= 4 is 15.9 Å². The smallest absolute Gasteiger partial charge is 0.251 e. The van der Waals surface area contributed by atoms with Gasteiger partial charge in [0.15, 0.2) is 0 Å². The molecule has 1 atom stereocenters. The largest absolute Gasteiger partial charge is 0.377 e. The van der Waals surface area contributed by atoms with Gasteiger partial charge in [0.05, 0.1) is 11.0 Å². The van der Waals surface area contributed by atoms with E-state index in [4.69, 9.17) is 4.74 Å². The van der Waals surface area contributed by atoms with Gasteiger partial charge in [0, 0.05) is 43.9 Å². The van der Waals surface area contributed by atoms with Gasteiger partial charge < -0.3 is 10.1 Å². The second-order valence-corrected chi connectivity index (χ2v) is 9.46. The van der Waals surface area contributed by atoms with Crippen LogP contribution >= 0.6 is 0 Å². The Hall–Kier alpha value is -1.48. The predicted molar refractivity (Wildman–Crippen MR) is 110 cm³/mol. The summed E-state index contributed by atoms with van der Waals surface area (Å²) in [6.07, 6.45) is 1.73. The third-order valence-corrected chi connectivity index (χ3v) is 6.33. The van der Waals surface area contributed by atoms with Crippen molar-refractivity contribution in [2.24, 2.45) is 0 Å². The molecule has 1 amide bonds. The van der Waals surface area contributed by atoms with Gasteiger partial charge in [-0.25, -0.2) is 13.1 Å². The van der Waals surface area contributed by atoms with Crippen LogP contribution in [0.1, 0.15) is 50.9 Å². The van der Waals surface area contributed by atoms with Crippen LogP contribution in [-0.4, -0.2) is 63.7 Å². The van der Waals surface area contributed by atoms with Crippen molar-refractivity contribution in [2.75, 3.05) is 26.2 Å². The van der Waals surface area contributed by atoms with E-state index in [2.05, 4.69) is 42.6 Å². The van der Waals surface area contributed by atoms with Crippen LogP contribution < -0.4 is 10.0 Å². The minimum absolute atomic E-state index is 0.0777. The second-order valence-electron chi connectivity index (χ2n) is 7.70. The molecule has 1 heterocycles. The predicted octanol–water partition coefficient (Wildman–Crippen LogP) is 1.99. The summed E-state index contributed by atoms with van der Waals surface area (Å²) < 4.78 is 33.0. The van der Waals surface area contributed by atoms with Gasteiger partial charge in [0.25, 0.3) is 5.91 Å². The minimum atomic E-state index is -3.68. The lowest BCUT2D eigenvalue weighted by Crippen LogP contribution is -2.42. The monoisotopic (exact) mass is 411 g/mol. The summed E-state index contributed by atoms with van der Waals surface area (Å²) in [5.41, 5.74) is 0.334. The van der Waals surface area contributed by atoms with Crippen molar-refractivity contribution in [1.29, 1.82) is 0 Å². The Morgan fingerprint density at radius 1 is 1.25 bits per heavy atom. The van der Waals surface area contributed by atoms with E-state index in [0.717, 1.165) is 19.4 Å². The molecule has 0 aliphatic carbocycles. The molecule has 1 saturated heterocycles. The van der Waals surface area contributed by atoms with Gasteiger partial charge in [-0.05, 0) is 58.7 Å². The molecule has 28 heavy (non-hydrogen) atoms. The highest BCUT2D eigenvalue weighted by molar-refractivity contribution is 7.89. The van der Waals surface area contributed by atoms with Crippen molar-refractivity contribution in [1.82, 2.24) is 14.9 Å². The number of nitrogens with one attached hydrogen (secondary N) is 2. The molecule has 1 aromatic carbocycles. The zero-order valence-corrected chi connectivity index (χ0v) is 18.1. The lowest BCUT2D eigenvalue weighted by atomic mass is 10.2. The molecule has 1 aliphatic rings. The molecule has 1 aromatic rings. The number of sulfonamides is 1. The van der Waals surface area contributed by atoms with Crippen molar-refractivity contribution in [3.8, 4) is 0 Å². The number of carbonyl (C=O) groups is 1. The summed E-state index contributed by atoms with van der Waals surface area (Å²) in [5.74, 6) is -0.274. The number of amides is 1. The summed E-state index contributed by atoms with van der Waals surface area (Å²) in [7, 11) is -3.68. The fourth-order valence-corrected chi connectivity index (χ4v) is 4.52. The molecular formula is C20H33N3O4S. The van der Waals surface area contributed by atoms with E-state index in [-0.39, 0.29) is 23.5 Å². The average molecular weight is 412 g/mol. The summed E-state index contributed by atoms with van der Waals surface area (Å²) in [5, 5.41) is 2.88. The molecule has 0 aromatic heterocycles. The van der Waals surface area contributed by atoms with Crippen molar-refractivity contribution < 1.29 is 17.9 Å². The van der Waals surface area contributed by atoms with E-state index in [1.165, 1.54) is 12.1 Å². The van der Waals surface area contributed by atoms with Crippen LogP contribution in [0.25, 0.3) is 0 Å². The maximum Gasteiger partial charge on any atom is 0.251 e.